The molecule has 0 aromatic carbocycles. The van der Waals surface area contributed by atoms with E-state index in [0.29, 0.717) is 25.6 Å². The number of aliphatic hydroxyl groups excluding tert-OH is 1. The molecule has 9 heteroatoms. The van der Waals surface area contributed by atoms with E-state index in [9.17, 15) is 13.2 Å². The minimum absolute atomic E-state index is 0.0488. The zero-order chi connectivity index (χ0) is 16.2. The summed E-state index contributed by atoms with van der Waals surface area (Å²) in [5, 5.41) is 17.4. The topological polar surface area (TPSA) is 63.4 Å². The molecule has 1 aromatic heterocycles. The maximum absolute atomic E-state index is 12.0. The summed E-state index contributed by atoms with van der Waals surface area (Å²) in [6.45, 7) is -0.315. The molecule has 1 aromatic rings. The molecule has 0 spiro atoms. The number of nitrogens with zero attached hydrogens (tertiary/aromatic N) is 4. The van der Waals surface area contributed by atoms with Crippen LogP contribution in [-0.4, -0.2) is 63.9 Å². The second-order valence-electron chi connectivity index (χ2n) is 5.48. The van der Waals surface area contributed by atoms with E-state index in [0.717, 1.165) is 24.5 Å². The van der Waals surface area contributed by atoms with Gasteiger partial charge in [-0.15, -0.1) is 10.2 Å². The predicted molar refractivity (Wildman–Crippen MR) is 72.2 cm³/mol. The van der Waals surface area contributed by atoms with Gasteiger partial charge in [-0.25, -0.2) is 0 Å². The van der Waals surface area contributed by atoms with E-state index in [2.05, 4.69) is 14.9 Å². The van der Waals surface area contributed by atoms with Crippen molar-refractivity contribution in [2.75, 3.05) is 32.9 Å². The Bertz CT molecular complexity index is 474. The molecule has 6 nitrogen and oxygen atoms in total. The van der Waals surface area contributed by atoms with Gasteiger partial charge in [0.05, 0.1) is 19.8 Å². The Balaban J connectivity index is 1.83. The number of ether oxygens (including phenoxy) is 1. The summed E-state index contributed by atoms with van der Waals surface area (Å²) in [7, 11) is 1.89. The van der Waals surface area contributed by atoms with Gasteiger partial charge in [-0.1, -0.05) is 0 Å². The molecule has 126 valence electrons. The number of alkyl halides is 3. The lowest BCUT2D eigenvalue weighted by Gasteiger charge is -2.20. The molecule has 0 bridgehead atoms. The van der Waals surface area contributed by atoms with E-state index < -0.39 is 12.8 Å². The standard InChI is InChI=1S/C13H21F3N4O2/c1-19-11(17-18-12(19)10-2-3-10)8-20(4-6-21)5-7-22-9-13(14,15)16/h10,21H,2-9H2,1H3. The van der Waals surface area contributed by atoms with Crippen molar-refractivity contribution in [2.24, 2.45) is 7.05 Å². The Hall–Kier alpha value is -1.19. The molecular formula is C13H21F3N4O2. The number of halogens is 3. The summed E-state index contributed by atoms with van der Waals surface area (Å²) < 4.78 is 42.6. The fraction of sp³-hybridized carbons (Fsp3) is 0.846. The van der Waals surface area contributed by atoms with Crippen LogP contribution in [0.1, 0.15) is 30.4 Å². The minimum atomic E-state index is -4.31. The van der Waals surface area contributed by atoms with E-state index in [-0.39, 0.29) is 13.2 Å². The smallest absolute Gasteiger partial charge is 0.395 e. The third-order valence-electron chi connectivity index (χ3n) is 3.54. The van der Waals surface area contributed by atoms with Crippen molar-refractivity contribution in [3.63, 3.8) is 0 Å². The van der Waals surface area contributed by atoms with Crippen molar-refractivity contribution in [1.29, 1.82) is 0 Å². The fourth-order valence-electron chi connectivity index (χ4n) is 2.20. The Morgan fingerprint density at radius 1 is 1.32 bits per heavy atom. The molecule has 1 N–H and O–H groups in total. The van der Waals surface area contributed by atoms with Crippen LogP contribution in [0.5, 0.6) is 0 Å². The first-order valence-corrected chi connectivity index (χ1v) is 7.26. The van der Waals surface area contributed by atoms with Gasteiger partial charge in [0.25, 0.3) is 0 Å². The van der Waals surface area contributed by atoms with Gasteiger partial charge >= 0.3 is 6.18 Å². The summed E-state index contributed by atoms with van der Waals surface area (Å²) in [4.78, 5) is 1.80. The highest BCUT2D eigenvalue weighted by Crippen LogP contribution is 2.38. The van der Waals surface area contributed by atoms with Gasteiger partial charge in [0.2, 0.25) is 0 Å². The number of hydrogen-bond acceptors (Lipinski definition) is 5. The van der Waals surface area contributed by atoms with Gasteiger partial charge in [0.15, 0.2) is 0 Å². The number of rotatable bonds is 9. The van der Waals surface area contributed by atoms with Gasteiger partial charge < -0.3 is 14.4 Å². The van der Waals surface area contributed by atoms with Crippen molar-refractivity contribution in [1.82, 2.24) is 19.7 Å². The van der Waals surface area contributed by atoms with Crippen molar-refractivity contribution < 1.29 is 23.0 Å². The zero-order valence-electron chi connectivity index (χ0n) is 12.5. The van der Waals surface area contributed by atoms with Gasteiger partial charge in [0, 0.05) is 26.1 Å². The first-order valence-electron chi connectivity index (χ1n) is 7.26. The molecule has 0 aliphatic heterocycles. The molecule has 22 heavy (non-hydrogen) atoms. The minimum Gasteiger partial charge on any atom is -0.395 e. The quantitative estimate of drug-likeness (QED) is 0.689. The lowest BCUT2D eigenvalue weighted by molar-refractivity contribution is -0.174. The molecule has 1 aliphatic carbocycles. The summed E-state index contributed by atoms with van der Waals surface area (Å²) >= 11 is 0. The van der Waals surface area contributed by atoms with Crippen LogP contribution in [-0.2, 0) is 18.3 Å². The molecule has 0 unspecified atom stereocenters. The van der Waals surface area contributed by atoms with Crippen LogP contribution >= 0.6 is 0 Å². The first-order chi connectivity index (χ1) is 10.4. The summed E-state index contributed by atoms with van der Waals surface area (Å²) in [5.74, 6) is 2.17. The van der Waals surface area contributed by atoms with Gasteiger partial charge in [-0.05, 0) is 12.8 Å². The highest BCUT2D eigenvalue weighted by Gasteiger charge is 2.29. The summed E-state index contributed by atoms with van der Waals surface area (Å²) in [5.41, 5.74) is 0. The second-order valence-corrected chi connectivity index (χ2v) is 5.48. The third-order valence-corrected chi connectivity index (χ3v) is 3.54. The molecule has 0 amide bonds. The fourth-order valence-corrected chi connectivity index (χ4v) is 2.20. The molecule has 1 aliphatic rings. The summed E-state index contributed by atoms with van der Waals surface area (Å²) in [6.07, 6.45) is -2.07. The van der Waals surface area contributed by atoms with E-state index in [4.69, 9.17) is 5.11 Å². The van der Waals surface area contributed by atoms with E-state index in [1.807, 2.05) is 11.6 Å². The maximum atomic E-state index is 12.0. The van der Waals surface area contributed by atoms with Crippen LogP contribution in [0.15, 0.2) is 0 Å². The summed E-state index contributed by atoms with van der Waals surface area (Å²) in [6, 6.07) is 0. The predicted octanol–water partition coefficient (Wildman–Crippen LogP) is 1.07. The Morgan fingerprint density at radius 3 is 2.64 bits per heavy atom. The van der Waals surface area contributed by atoms with Crippen molar-refractivity contribution >= 4 is 0 Å². The molecular weight excluding hydrogens is 301 g/mol. The van der Waals surface area contributed by atoms with Gasteiger partial charge in [-0.3, -0.25) is 4.90 Å². The lowest BCUT2D eigenvalue weighted by atomic mass is 10.4. The Labute approximate surface area is 126 Å². The monoisotopic (exact) mass is 322 g/mol. The van der Waals surface area contributed by atoms with Crippen molar-refractivity contribution in [2.45, 2.75) is 31.5 Å². The molecule has 1 fully saturated rings. The third kappa shape index (κ3) is 5.22. The molecule has 1 heterocycles. The van der Waals surface area contributed by atoms with Crippen LogP contribution in [0.3, 0.4) is 0 Å². The molecule has 0 radical (unpaired) electrons. The highest BCUT2D eigenvalue weighted by atomic mass is 19.4. The van der Waals surface area contributed by atoms with Crippen LogP contribution in [0.25, 0.3) is 0 Å². The van der Waals surface area contributed by atoms with Crippen LogP contribution in [0.2, 0.25) is 0 Å². The maximum Gasteiger partial charge on any atom is 0.411 e. The largest absolute Gasteiger partial charge is 0.411 e. The molecule has 0 saturated heterocycles. The zero-order valence-corrected chi connectivity index (χ0v) is 12.5. The Morgan fingerprint density at radius 2 is 2.05 bits per heavy atom. The first kappa shape index (κ1) is 17.2. The number of hydrogen-bond donors (Lipinski definition) is 1. The van der Waals surface area contributed by atoms with Crippen LogP contribution < -0.4 is 0 Å². The number of aromatic nitrogens is 3. The van der Waals surface area contributed by atoms with Gasteiger partial charge in [-0.2, -0.15) is 13.2 Å². The SMILES string of the molecule is Cn1c(CN(CCO)CCOCC(F)(F)F)nnc1C1CC1. The number of aliphatic hydroxyl groups is 1. The van der Waals surface area contributed by atoms with Crippen LogP contribution in [0, 0.1) is 0 Å². The van der Waals surface area contributed by atoms with E-state index in [1.165, 1.54) is 0 Å². The van der Waals surface area contributed by atoms with E-state index in [1.54, 1.807) is 4.90 Å². The normalized spacial score (nSPS) is 15.7. The molecule has 1 saturated carbocycles. The average Bonchev–Trinajstić information content (AvgIpc) is 3.20. The van der Waals surface area contributed by atoms with Gasteiger partial charge in [0.1, 0.15) is 18.3 Å². The highest BCUT2D eigenvalue weighted by molar-refractivity contribution is 5.07. The van der Waals surface area contributed by atoms with Crippen molar-refractivity contribution in [3.05, 3.63) is 11.6 Å². The molecule has 2 rings (SSSR count). The molecule has 0 atom stereocenters. The Kier molecular flexibility index (Phi) is 5.76. The van der Waals surface area contributed by atoms with Crippen molar-refractivity contribution in [3.8, 4) is 0 Å². The average molecular weight is 322 g/mol. The van der Waals surface area contributed by atoms with E-state index >= 15 is 0 Å². The lowest BCUT2D eigenvalue weighted by Crippen LogP contribution is -2.32. The van der Waals surface area contributed by atoms with Crippen LogP contribution in [0.4, 0.5) is 13.2 Å². The second kappa shape index (κ2) is 7.38.